The summed E-state index contributed by atoms with van der Waals surface area (Å²) in [4.78, 5) is 6.37. The van der Waals surface area contributed by atoms with Gasteiger partial charge >= 0.3 is 0 Å². The molecule has 1 aromatic carbocycles. The number of β-amino-alcohol motifs (C(OH)–C–C–N with tert-alkyl or cyclic N) is 1. The van der Waals surface area contributed by atoms with Crippen LogP contribution in [0.2, 0.25) is 0 Å². The van der Waals surface area contributed by atoms with Crippen LogP contribution in [-0.2, 0) is 0 Å². The van der Waals surface area contributed by atoms with Crippen LogP contribution in [0.1, 0.15) is 12.8 Å². The maximum atomic E-state index is 13.5. The molecule has 1 N–H and O–H groups in total. The fourth-order valence-electron chi connectivity index (χ4n) is 2.17. The van der Waals surface area contributed by atoms with Crippen LogP contribution in [0.3, 0.4) is 0 Å². The molecule has 0 amide bonds. The van der Waals surface area contributed by atoms with Crippen LogP contribution >= 0.6 is 11.3 Å². The van der Waals surface area contributed by atoms with E-state index in [4.69, 9.17) is 0 Å². The van der Waals surface area contributed by atoms with Crippen molar-refractivity contribution >= 4 is 26.7 Å². The largest absolute Gasteiger partial charge is 0.391 e. The average Bonchev–Trinajstić information content (AvgIpc) is 2.74. The topological polar surface area (TPSA) is 36.4 Å². The molecule has 90 valence electrons. The first-order valence-electron chi connectivity index (χ1n) is 5.72. The van der Waals surface area contributed by atoms with Crippen LogP contribution < -0.4 is 4.90 Å². The van der Waals surface area contributed by atoms with Crippen LogP contribution in [0.25, 0.3) is 10.2 Å². The normalized spacial score (nSPS) is 21.1. The Hall–Kier alpha value is -1.20. The van der Waals surface area contributed by atoms with Gasteiger partial charge in [-0.25, -0.2) is 9.37 Å². The van der Waals surface area contributed by atoms with Gasteiger partial charge in [-0.05, 0) is 25.0 Å². The second kappa shape index (κ2) is 4.23. The standard InChI is InChI=1S/C12H13FN2OS/c13-9-4-1-5-10-11(9)14-12(17-10)15-6-2-3-8(16)7-15/h1,4-5,8,16H,2-3,6-7H2. The third kappa shape index (κ3) is 2.00. The Morgan fingerprint density at radius 1 is 1.47 bits per heavy atom. The lowest BCUT2D eigenvalue weighted by atomic mass is 10.1. The second-order valence-electron chi connectivity index (χ2n) is 4.33. The number of aliphatic hydroxyl groups is 1. The number of hydrogen-bond donors (Lipinski definition) is 1. The highest BCUT2D eigenvalue weighted by Gasteiger charge is 2.21. The van der Waals surface area contributed by atoms with E-state index in [1.807, 2.05) is 11.0 Å². The number of halogens is 1. The second-order valence-corrected chi connectivity index (χ2v) is 5.33. The molecule has 17 heavy (non-hydrogen) atoms. The molecular weight excluding hydrogens is 239 g/mol. The molecule has 3 nitrogen and oxygen atoms in total. The molecule has 3 rings (SSSR count). The average molecular weight is 252 g/mol. The van der Waals surface area contributed by atoms with Gasteiger partial charge in [-0.1, -0.05) is 17.4 Å². The number of anilines is 1. The van der Waals surface area contributed by atoms with Crippen LogP contribution in [0.4, 0.5) is 9.52 Å². The van der Waals surface area contributed by atoms with Crippen LogP contribution in [-0.4, -0.2) is 29.3 Å². The van der Waals surface area contributed by atoms with Crippen LogP contribution in [0.15, 0.2) is 18.2 Å². The Morgan fingerprint density at radius 3 is 3.12 bits per heavy atom. The zero-order chi connectivity index (χ0) is 11.8. The monoisotopic (exact) mass is 252 g/mol. The van der Waals surface area contributed by atoms with Gasteiger partial charge in [0.25, 0.3) is 0 Å². The molecule has 0 spiro atoms. The van der Waals surface area contributed by atoms with Gasteiger partial charge in [0, 0.05) is 13.1 Å². The SMILES string of the molecule is OC1CCCN(c2nc3c(F)cccc3s2)C1. The van der Waals surface area contributed by atoms with E-state index in [1.165, 1.54) is 17.4 Å². The highest BCUT2D eigenvalue weighted by molar-refractivity contribution is 7.22. The highest BCUT2D eigenvalue weighted by atomic mass is 32.1. The zero-order valence-electron chi connectivity index (χ0n) is 9.27. The summed E-state index contributed by atoms with van der Waals surface area (Å²) < 4.78 is 14.4. The van der Waals surface area contributed by atoms with Gasteiger partial charge < -0.3 is 10.0 Å². The maximum Gasteiger partial charge on any atom is 0.186 e. The summed E-state index contributed by atoms with van der Waals surface area (Å²) >= 11 is 1.48. The van der Waals surface area contributed by atoms with E-state index < -0.39 is 0 Å². The molecule has 5 heteroatoms. The highest BCUT2D eigenvalue weighted by Crippen LogP contribution is 2.31. The lowest BCUT2D eigenvalue weighted by Crippen LogP contribution is -2.38. The molecule has 1 aliphatic heterocycles. The Morgan fingerprint density at radius 2 is 2.35 bits per heavy atom. The number of aliphatic hydroxyl groups excluding tert-OH is 1. The molecule has 1 atom stereocenters. The van der Waals surface area contributed by atoms with E-state index >= 15 is 0 Å². The Balaban J connectivity index is 1.97. The Labute approximate surface area is 103 Å². The fourth-order valence-corrected chi connectivity index (χ4v) is 3.18. The number of hydrogen-bond acceptors (Lipinski definition) is 4. The number of para-hydroxylation sites is 1. The lowest BCUT2D eigenvalue weighted by Gasteiger charge is -2.29. The summed E-state index contributed by atoms with van der Waals surface area (Å²) in [5, 5.41) is 10.4. The number of rotatable bonds is 1. The zero-order valence-corrected chi connectivity index (χ0v) is 10.1. The van der Waals surface area contributed by atoms with Crippen molar-refractivity contribution in [3.05, 3.63) is 24.0 Å². The van der Waals surface area contributed by atoms with Crippen LogP contribution in [0.5, 0.6) is 0 Å². The summed E-state index contributed by atoms with van der Waals surface area (Å²) in [6.45, 7) is 1.49. The molecule has 1 fully saturated rings. The van der Waals surface area contributed by atoms with Crippen molar-refractivity contribution in [3.63, 3.8) is 0 Å². The minimum Gasteiger partial charge on any atom is -0.391 e. The van der Waals surface area contributed by atoms with E-state index in [9.17, 15) is 9.50 Å². The predicted molar refractivity (Wildman–Crippen MR) is 67.0 cm³/mol. The smallest absolute Gasteiger partial charge is 0.186 e. The van der Waals surface area contributed by atoms with Crippen molar-refractivity contribution in [2.75, 3.05) is 18.0 Å². The van der Waals surface area contributed by atoms with E-state index in [-0.39, 0.29) is 11.9 Å². The molecule has 2 heterocycles. The molecule has 1 aromatic heterocycles. The number of fused-ring (bicyclic) bond motifs is 1. The first-order valence-corrected chi connectivity index (χ1v) is 6.54. The number of benzene rings is 1. The number of nitrogens with zero attached hydrogens (tertiary/aromatic N) is 2. The lowest BCUT2D eigenvalue weighted by molar-refractivity contribution is 0.154. The molecule has 1 aliphatic rings. The maximum absolute atomic E-state index is 13.5. The summed E-state index contributed by atoms with van der Waals surface area (Å²) in [6, 6.07) is 5.00. The summed E-state index contributed by atoms with van der Waals surface area (Å²) in [7, 11) is 0. The van der Waals surface area contributed by atoms with Crippen molar-refractivity contribution in [1.29, 1.82) is 0 Å². The fraction of sp³-hybridized carbons (Fsp3) is 0.417. The summed E-state index contributed by atoms with van der Waals surface area (Å²) in [5.41, 5.74) is 0.438. The number of aromatic nitrogens is 1. The van der Waals surface area contributed by atoms with Crippen LogP contribution in [0, 0.1) is 5.82 Å². The molecule has 2 aromatic rings. The minimum absolute atomic E-state index is 0.275. The number of thiazole rings is 1. The van der Waals surface area contributed by atoms with Gasteiger partial charge in [0.05, 0.1) is 10.8 Å². The van der Waals surface area contributed by atoms with Gasteiger partial charge in [0.15, 0.2) is 5.13 Å². The van der Waals surface area contributed by atoms with Crippen molar-refractivity contribution in [3.8, 4) is 0 Å². The van der Waals surface area contributed by atoms with Crippen molar-refractivity contribution < 1.29 is 9.50 Å². The Bertz CT molecular complexity index is 542. The third-order valence-electron chi connectivity index (χ3n) is 3.03. The molecule has 0 radical (unpaired) electrons. The van der Waals surface area contributed by atoms with Gasteiger partial charge in [0.2, 0.25) is 0 Å². The van der Waals surface area contributed by atoms with E-state index in [1.54, 1.807) is 6.07 Å². The molecule has 1 saturated heterocycles. The molecule has 0 aliphatic carbocycles. The van der Waals surface area contributed by atoms with Gasteiger partial charge in [-0.2, -0.15) is 0 Å². The summed E-state index contributed by atoms with van der Waals surface area (Å²) in [5.74, 6) is -0.275. The first kappa shape index (κ1) is 10.9. The molecule has 0 saturated carbocycles. The quantitative estimate of drug-likeness (QED) is 0.846. The minimum atomic E-state index is -0.291. The molecule has 1 unspecified atom stereocenters. The van der Waals surface area contributed by atoms with Crippen molar-refractivity contribution in [2.45, 2.75) is 18.9 Å². The van der Waals surface area contributed by atoms with Gasteiger partial charge in [-0.15, -0.1) is 0 Å². The third-order valence-corrected chi connectivity index (χ3v) is 4.11. The van der Waals surface area contributed by atoms with E-state index in [0.717, 1.165) is 29.2 Å². The Kier molecular flexibility index (Phi) is 2.72. The first-order chi connectivity index (χ1) is 8.24. The van der Waals surface area contributed by atoms with Gasteiger partial charge in [-0.3, -0.25) is 0 Å². The molecule has 0 bridgehead atoms. The van der Waals surface area contributed by atoms with Crippen molar-refractivity contribution in [2.24, 2.45) is 0 Å². The van der Waals surface area contributed by atoms with Gasteiger partial charge in [0.1, 0.15) is 11.3 Å². The van der Waals surface area contributed by atoms with Crippen molar-refractivity contribution in [1.82, 2.24) is 4.98 Å². The predicted octanol–water partition coefficient (Wildman–Crippen LogP) is 2.40. The van der Waals surface area contributed by atoms with E-state index in [0.29, 0.717) is 12.1 Å². The molecular formula is C12H13FN2OS. The summed E-state index contributed by atoms with van der Waals surface area (Å²) in [6.07, 6.45) is 1.51. The number of piperidine rings is 1. The van der Waals surface area contributed by atoms with E-state index in [2.05, 4.69) is 4.98 Å².